The van der Waals surface area contributed by atoms with Crippen LogP contribution in [-0.4, -0.2) is 11.9 Å². The van der Waals surface area contributed by atoms with Gasteiger partial charge in [0.25, 0.3) is 0 Å². The predicted octanol–water partition coefficient (Wildman–Crippen LogP) is 3.27. The number of carbonyl (C=O) groups is 1. The molecule has 0 fully saturated rings. The molecule has 0 aliphatic rings. The molecule has 86 valence electrons. The molecule has 1 amide bonds. The van der Waals surface area contributed by atoms with Crippen molar-refractivity contribution in [2.75, 3.05) is 0 Å². The number of benzene rings is 1. The van der Waals surface area contributed by atoms with Gasteiger partial charge >= 0.3 is 0 Å². The summed E-state index contributed by atoms with van der Waals surface area (Å²) in [7, 11) is 0. The number of carbonyl (C=O) groups excluding carboxylic acids is 1. The third-order valence-corrected chi connectivity index (χ3v) is 2.55. The number of amides is 1. The van der Waals surface area contributed by atoms with Gasteiger partial charge in [0.2, 0.25) is 5.91 Å². The van der Waals surface area contributed by atoms with Crippen LogP contribution in [0, 0.1) is 0 Å². The molecule has 1 N–H and O–H groups in total. The maximum Gasteiger partial charge on any atom is 0.244 e. The van der Waals surface area contributed by atoms with E-state index in [-0.39, 0.29) is 11.9 Å². The summed E-state index contributed by atoms with van der Waals surface area (Å²) < 4.78 is 0. The molecule has 0 heterocycles. The van der Waals surface area contributed by atoms with E-state index in [2.05, 4.69) is 5.32 Å². The van der Waals surface area contributed by atoms with Gasteiger partial charge in [-0.2, -0.15) is 0 Å². The quantitative estimate of drug-likeness (QED) is 0.801. The molecule has 0 unspecified atom stereocenters. The lowest BCUT2D eigenvalue weighted by atomic mass is 10.2. The minimum Gasteiger partial charge on any atom is -0.350 e. The Kier molecular flexibility index (Phi) is 5.06. The van der Waals surface area contributed by atoms with E-state index in [0.717, 1.165) is 12.0 Å². The summed E-state index contributed by atoms with van der Waals surface area (Å²) in [5.41, 5.74) is 0.962. The zero-order chi connectivity index (χ0) is 12.0. The molecule has 0 saturated heterocycles. The van der Waals surface area contributed by atoms with Gasteiger partial charge in [-0.3, -0.25) is 4.79 Å². The lowest BCUT2D eigenvalue weighted by Gasteiger charge is -2.08. The Bertz CT molecular complexity index is 370. The van der Waals surface area contributed by atoms with Crippen LogP contribution >= 0.6 is 11.6 Å². The molecule has 1 aromatic carbocycles. The molecule has 0 spiro atoms. The van der Waals surface area contributed by atoms with Gasteiger partial charge in [0.1, 0.15) is 0 Å². The highest BCUT2D eigenvalue weighted by atomic mass is 35.5. The Morgan fingerprint density at radius 2 is 2.06 bits per heavy atom. The first-order valence-electron chi connectivity index (χ1n) is 5.36. The van der Waals surface area contributed by atoms with E-state index >= 15 is 0 Å². The second kappa shape index (κ2) is 6.33. The van der Waals surface area contributed by atoms with Gasteiger partial charge in [0.15, 0.2) is 0 Å². The largest absolute Gasteiger partial charge is 0.350 e. The second-order valence-electron chi connectivity index (χ2n) is 3.70. The fourth-order valence-electron chi connectivity index (χ4n) is 1.14. The minimum atomic E-state index is -0.0655. The summed E-state index contributed by atoms with van der Waals surface area (Å²) in [4.78, 5) is 11.4. The minimum absolute atomic E-state index is 0.0655. The molecule has 0 bridgehead atoms. The Hall–Kier alpha value is -1.28. The fraction of sp³-hybridized carbons (Fsp3) is 0.308. The molecular weight excluding hydrogens is 222 g/mol. The van der Waals surface area contributed by atoms with Crippen molar-refractivity contribution in [2.45, 2.75) is 26.3 Å². The number of hydrogen-bond donors (Lipinski definition) is 1. The molecule has 1 rings (SSSR count). The van der Waals surface area contributed by atoms with Crippen molar-refractivity contribution in [3.05, 3.63) is 40.9 Å². The van der Waals surface area contributed by atoms with Crippen LogP contribution in [0.5, 0.6) is 0 Å². The molecular formula is C13H16ClNO. The summed E-state index contributed by atoms with van der Waals surface area (Å²) in [6, 6.07) is 7.55. The highest BCUT2D eigenvalue weighted by Crippen LogP contribution is 2.10. The third kappa shape index (κ3) is 4.49. The van der Waals surface area contributed by atoms with Gasteiger partial charge in [-0.25, -0.2) is 0 Å². The van der Waals surface area contributed by atoms with Crippen LogP contribution < -0.4 is 5.32 Å². The number of nitrogens with one attached hydrogen (secondary N) is 1. The van der Waals surface area contributed by atoms with Crippen molar-refractivity contribution in [3.8, 4) is 0 Å². The van der Waals surface area contributed by atoms with Crippen LogP contribution in [0.4, 0.5) is 0 Å². The van der Waals surface area contributed by atoms with Gasteiger partial charge in [-0.05, 0) is 37.1 Å². The summed E-state index contributed by atoms with van der Waals surface area (Å²) in [6.07, 6.45) is 4.24. The van der Waals surface area contributed by atoms with Gasteiger partial charge in [0.05, 0.1) is 0 Å². The highest BCUT2D eigenvalue weighted by molar-refractivity contribution is 6.30. The molecule has 0 saturated carbocycles. The van der Waals surface area contributed by atoms with Crippen LogP contribution in [0.1, 0.15) is 25.8 Å². The van der Waals surface area contributed by atoms with E-state index < -0.39 is 0 Å². The Labute approximate surface area is 101 Å². The SMILES string of the molecule is CC[C@@H](C)NC(=O)/C=C/c1ccc(Cl)cc1. The van der Waals surface area contributed by atoms with Crippen molar-refractivity contribution in [3.63, 3.8) is 0 Å². The highest BCUT2D eigenvalue weighted by Gasteiger charge is 2.00. The molecule has 1 atom stereocenters. The normalized spacial score (nSPS) is 12.7. The summed E-state index contributed by atoms with van der Waals surface area (Å²) in [5.74, 6) is -0.0655. The molecule has 1 aromatic rings. The topological polar surface area (TPSA) is 29.1 Å². The smallest absolute Gasteiger partial charge is 0.244 e. The zero-order valence-electron chi connectivity index (χ0n) is 9.53. The Morgan fingerprint density at radius 1 is 1.44 bits per heavy atom. The predicted molar refractivity (Wildman–Crippen MR) is 68.4 cm³/mol. The Morgan fingerprint density at radius 3 is 2.62 bits per heavy atom. The van der Waals surface area contributed by atoms with Crippen molar-refractivity contribution in [1.82, 2.24) is 5.32 Å². The molecule has 0 aliphatic heterocycles. The lowest BCUT2D eigenvalue weighted by molar-refractivity contribution is -0.117. The van der Waals surface area contributed by atoms with E-state index in [9.17, 15) is 4.79 Å². The maximum atomic E-state index is 11.4. The summed E-state index contributed by atoms with van der Waals surface area (Å²) >= 11 is 5.76. The van der Waals surface area contributed by atoms with Gasteiger partial charge < -0.3 is 5.32 Å². The van der Waals surface area contributed by atoms with E-state index in [4.69, 9.17) is 11.6 Å². The van der Waals surface area contributed by atoms with Gasteiger partial charge in [-0.15, -0.1) is 0 Å². The number of halogens is 1. The lowest BCUT2D eigenvalue weighted by Crippen LogP contribution is -2.30. The van der Waals surface area contributed by atoms with Crippen LogP contribution in [0.3, 0.4) is 0 Å². The van der Waals surface area contributed by atoms with Crippen molar-refractivity contribution < 1.29 is 4.79 Å². The van der Waals surface area contributed by atoms with Crippen LogP contribution in [0.2, 0.25) is 5.02 Å². The molecule has 16 heavy (non-hydrogen) atoms. The first-order chi connectivity index (χ1) is 7.61. The standard InChI is InChI=1S/C13H16ClNO/c1-3-10(2)15-13(16)9-6-11-4-7-12(14)8-5-11/h4-10H,3H2,1-2H3,(H,15,16)/b9-6+/t10-/m1/s1. The summed E-state index contributed by atoms with van der Waals surface area (Å²) in [6.45, 7) is 4.02. The van der Waals surface area contributed by atoms with Crippen molar-refractivity contribution >= 4 is 23.6 Å². The zero-order valence-corrected chi connectivity index (χ0v) is 10.3. The number of hydrogen-bond acceptors (Lipinski definition) is 1. The molecule has 0 aliphatic carbocycles. The van der Waals surface area contributed by atoms with Crippen molar-refractivity contribution in [2.24, 2.45) is 0 Å². The number of rotatable bonds is 4. The summed E-state index contributed by atoms with van der Waals surface area (Å²) in [5, 5.41) is 3.55. The monoisotopic (exact) mass is 237 g/mol. The van der Waals surface area contributed by atoms with E-state index in [1.165, 1.54) is 6.08 Å². The fourth-order valence-corrected chi connectivity index (χ4v) is 1.26. The second-order valence-corrected chi connectivity index (χ2v) is 4.14. The van der Waals surface area contributed by atoms with Crippen LogP contribution in [0.25, 0.3) is 6.08 Å². The average molecular weight is 238 g/mol. The van der Waals surface area contributed by atoms with Gasteiger partial charge in [0, 0.05) is 17.1 Å². The molecule has 0 radical (unpaired) electrons. The molecule has 2 nitrogen and oxygen atoms in total. The third-order valence-electron chi connectivity index (χ3n) is 2.30. The van der Waals surface area contributed by atoms with Gasteiger partial charge in [-0.1, -0.05) is 30.7 Å². The Balaban J connectivity index is 2.53. The van der Waals surface area contributed by atoms with Crippen LogP contribution in [-0.2, 0) is 4.79 Å². The van der Waals surface area contributed by atoms with Crippen molar-refractivity contribution in [1.29, 1.82) is 0 Å². The van der Waals surface area contributed by atoms with E-state index in [0.29, 0.717) is 5.02 Å². The van der Waals surface area contributed by atoms with Crippen LogP contribution in [0.15, 0.2) is 30.3 Å². The maximum absolute atomic E-state index is 11.4. The van der Waals surface area contributed by atoms with E-state index in [1.807, 2.05) is 26.0 Å². The molecule has 0 aromatic heterocycles. The van der Waals surface area contributed by atoms with E-state index in [1.54, 1.807) is 18.2 Å². The molecule has 3 heteroatoms. The average Bonchev–Trinajstić information content (AvgIpc) is 2.28. The first-order valence-corrected chi connectivity index (χ1v) is 5.73. The first kappa shape index (κ1) is 12.8.